The van der Waals surface area contributed by atoms with Crippen LogP contribution in [0.4, 0.5) is 5.82 Å². The lowest BCUT2D eigenvalue weighted by molar-refractivity contribution is 0.369. The van der Waals surface area contributed by atoms with Crippen LogP contribution in [-0.2, 0) is 6.54 Å². The van der Waals surface area contributed by atoms with Crippen LogP contribution < -0.4 is 11.1 Å². The molecule has 0 aliphatic heterocycles. The smallest absolute Gasteiger partial charge is 0.144 e. The Hall–Kier alpha value is -1.16. The van der Waals surface area contributed by atoms with Crippen LogP contribution in [0.1, 0.15) is 37.9 Å². The molecule has 1 fully saturated rings. The molecule has 1 saturated carbocycles. The van der Waals surface area contributed by atoms with E-state index >= 15 is 0 Å². The summed E-state index contributed by atoms with van der Waals surface area (Å²) in [5.74, 6) is 1.34. The highest BCUT2D eigenvalue weighted by Crippen LogP contribution is 2.17. The number of nitrogen functional groups attached to an aromatic ring is 1. The molecular weight excluding hydrogens is 188 g/mol. The Morgan fingerprint density at radius 3 is 2.87 bits per heavy atom. The van der Waals surface area contributed by atoms with Crippen molar-refractivity contribution in [1.82, 2.24) is 15.3 Å². The number of rotatable bonds is 3. The van der Waals surface area contributed by atoms with Crippen LogP contribution in [0.25, 0.3) is 0 Å². The third-order valence-corrected chi connectivity index (χ3v) is 2.88. The number of nitrogens with two attached hydrogens (primary N) is 1. The Morgan fingerprint density at radius 1 is 1.33 bits per heavy atom. The number of hydrogen-bond donors (Lipinski definition) is 2. The number of nitrogens with one attached hydrogen (secondary N) is 1. The van der Waals surface area contributed by atoms with Crippen molar-refractivity contribution < 1.29 is 0 Å². The SMILES string of the molecule is Nc1ccnc(CNC2CCCCC2)n1. The Balaban J connectivity index is 1.81. The highest BCUT2D eigenvalue weighted by molar-refractivity contribution is 5.24. The average Bonchev–Trinajstić information content (AvgIpc) is 2.28. The molecule has 1 aliphatic rings. The molecule has 0 aromatic carbocycles. The lowest BCUT2D eigenvalue weighted by Gasteiger charge is -2.22. The fraction of sp³-hybridized carbons (Fsp3) is 0.636. The summed E-state index contributed by atoms with van der Waals surface area (Å²) in [5, 5.41) is 3.48. The Morgan fingerprint density at radius 2 is 2.13 bits per heavy atom. The summed E-state index contributed by atoms with van der Waals surface area (Å²) in [6.07, 6.45) is 8.34. The van der Waals surface area contributed by atoms with Gasteiger partial charge in [-0.3, -0.25) is 0 Å². The first-order valence-corrected chi connectivity index (χ1v) is 5.65. The van der Waals surface area contributed by atoms with Gasteiger partial charge in [-0.1, -0.05) is 19.3 Å². The zero-order valence-corrected chi connectivity index (χ0v) is 8.95. The van der Waals surface area contributed by atoms with E-state index in [-0.39, 0.29) is 0 Å². The van der Waals surface area contributed by atoms with E-state index in [9.17, 15) is 0 Å². The molecule has 1 aromatic rings. The molecule has 3 N–H and O–H groups in total. The maximum Gasteiger partial charge on any atom is 0.144 e. The molecule has 82 valence electrons. The van der Waals surface area contributed by atoms with Gasteiger partial charge in [-0.05, 0) is 18.9 Å². The average molecular weight is 206 g/mol. The van der Waals surface area contributed by atoms with Crippen molar-refractivity contribution in [3.63, 3.8) is 0 Å². The van der Waals surface area contributed by atoms with Gasteiger partial charge in [0.15, 0.2) is 0 Å². The first kappa shape index (κ1) is 10.4. The fourth-order valence-electron chi connectivity index (χ4n) is 2.04. The number of nitrogens with zero attached hydrogens (tertiary/aromatic N) is 2. The van der Waals surface area contributed by atoms with Crippen molar-refractivity contribution in [3.8, 4) is 0 Å². The second-order valence-corrected chi connectivity index (χ2v) is 4.11. The van der Waals surface area contributed by atoms with E-state index < -0.39 is 0 Å². The van der Waals surface area contributed by atoms with Crippen LogP contribution in [0, 0.1) is 0 Å². The molecule has 1 aromatic heterocycles. The van der Waals surface area contributed by atoms with Gasteiger partial charge in [0, 0.05) is 12.2 Å². The Kier molecular flexibility index (Phi) is 3.50. The number of aromatic nitrogens is 2. The fourth-order valence-corrected chi connectivity index (χ4v) is 2.04. The maximum absolute atomic E-state index is 5.59. The molecule has 4 heteroatoms. The van der Waals surface area contributed by atoms with Crippen molar-refractivity contribution in [3.05, 3.63) is 18.1 Å². The minimum Gasteiger partial charge on any atom is -0.384 e. The van der Waals surface area contributed by atoms with Crippen LogP contribution in [0.2, 0.25) is 0 Å². The van der Waals surface area contributed by atoms with Crippen LogP contribution in [0.15, 0.2) is 12.3 Å². The minimum atomic E-state index is 0.547. The topological polar surface area (TPSA) is 63.8 Å². The molecular formula is C11H18N4. The van der Waals surface area contributed by atoms with Gasteiger partial charge in [0.25, 0.3) is 0 Å². The van der Waals surface area contributed by atoms with Gasteiger partial charge >= 0.3 is 0 Å². The van der Waals surface area contributed by atoms with Crippen molar-refractivity contribution in [2.75, 3.05) is 5.73 Å². The molecule has 0 spiro atoms. The normalized spacial score (nSPS) is 17.9. The molecule has 1 heterocycles. The van der Waals surface area contributed by atoms with Crippen LogP contribution in [-0.4, -0.2) is 16.0 Å². The van der Waals surface area contributed by atoms with Crippen LogP contribution in [0.5, 0.6) is 0 Å². The summed E-state index contributed by atoms with van der Waals surface area (Å²) < 4.78 is 0. The van der Waals surface area contributed by atoms with E-state index in [4.69, 9.17) is 5.73 Å². The summed E-state index contributed by atoms with van der Waals surface area (Å²) in [5.41, 5.74) is 5.59. The number of anilines is 1. The zero-order chi connectivity index (χ0) is 10.5. The van der Waals surface area contributed by atoms with Gasteiger partial charge in [-0.15, -0.1) is 0 Å². The summed E-state index contributed by atoms with van der Waals surface area (Å²) in [6.45, 7) is 0.732. The molecule has 2 rings (SSSR count). The minimum absolute atomic E-state index is 0.547. The molecule has 0 saturated heterocycles. The highest BCUT2D eigenvalue weighted by Gasteiger charge is 2.12. The van der Waals surface area contributed by atoms with Gasteiger partial charge in [-0.25, -0.2) is 9.97 Å². The molecule has 0 amide bonds. The largest absolute Gasteiger partial charge is 0.384 e. The second-order valence-electron chi connectivity index (χ2n) is 4.11. The predicted octanol–water partition coefficient (Wildman–Crippen LogP) is 1.48. The Bertz CT molecular complexity index is 307. The molecule has 4 nitrogen and oxygen atoms in total. The molecule has 15 heavy (non-hydrogen) atoms. The van der Waals surface area contributed by atoms with Crippen molar-refractivity contribution in [2.24, 2.45) is 0 Å². The van der Waals surface area contributed by atoms with E-state index in [1.807, 2.05) is 0 Å². The van der Waals surface area contributed by atoms with E-state index in [1.165, 1.54) is 32.1 Å². The van der Waals surface area contributed by atoms with E-state index in [0.717, 1.165) is 12.4 Å². The number of hydrogen-bond acceptors (Lipinski definition) is 4. The van der Waals surface area contributed by atoms with Crippen LogP contribution in [0.3, 0.4) is 0 Å². The van der Waals surface area contributed by atoms with Crippen molar-refractivity contribution >= 4 is 5.82 Å². The zero-order valence-electron chi connectivity index (χ0n) is 8.95. The Labute approximate surface area is 90.3 Å². The first-order chi connectivity index (χ1) is 7.34. The van der Waals surface area contributed by atoms with E-state index in [2.05, 4.69) is 15.3 Å². The highest BCUT2D eigenvalue weighted by atomic mass is 15.0. The summed E-state index contributed by atoms with van der Waals surface area (Å²) in [7, 11) is 0. The van der Waals surface area contributed by atoms with E-state index in [0.29, 0.717) is 11.9 Å². The summed E-state index contributed by atoms with van der Waals surface area (Å²) in [6, 6.07) is 2.35. The van der Waals surface area contributed by atoms with Gasteiger partial charge in [0.2, 0.25) is 0 Å². The van der Waals surface area contributed by atoms with Gasteiger partial charge in [-0.2, -0.15) is 0 Å². The lowest BCUT2D eigenvalue weighted by Crippen LogP contribution is -2.31. The first-order valence-electron chi connectivity index (χ1n) is 5.65. The monoisotopic (exact) mass is 206 g/mol. The van der Waals surface area contributed by atoms with Crippen LogP contribution >= 0.6 is 0 Å². The van der Waals surface area contributed by atoms with Gasteiger partial charge < -0.3 is 11.1 Å². The second kappa shape index (κ2) is 5.07. The van der Waals surface area contributed by atoms with Crippen molar-refractivity contribution in [1.29, 1.82) is 0 Å². The quantitative estimate of drug-likeness (QED) is 0.786. The predicted molar refractivity (Wildman–Crippen MR) is 60.2 cm³/mol. The molecule has 0 unspecified atom stereocenters. The standard InChI is InChI=1S/C11H18N4/c12-10-6-7-13-11(15-10)8-14-9-4-2-1-3-5-9/h6-7,9,14H,1-5,8H2,(H2,12,13,15). The maximum atomic E-state index is 5.59. The van der Waals surface area contributed by atoms with Crippen molar-refractivity contribution in [2.45, 2.75) is 44.7 Å². The van der Waals surface area contributed by atoms with E-state index in [1.54, 1.807) is 12.3 Å². The van der Waals surface area contributed by atoms with Gasteiger partial charge in [0.1, 0.15) is 11.6 Å². The third kappa shape index (κ3) is 3.16. The molecule has 0 atom stereocenters. The lowest BCUT2D eigenvalue weighted by atomic mass is 9.95. The third-order valence-electron chi connectivity index (χ3n) is 2.88. The summed E-state index contributed by atoms with van der Waals surface area (Å²) in [4.78, 5) is 8.33. The summed E-state index contributed by atoms with van der Waals surface area (Å²) >= 11 is 0. The molecule has 0 radical (unpaired) electrons. The molecule has 0 bridgehead atoms. The molecule has 1 aliphatic carbocycles. The van der Waals surface area contributed by atoms with Gasteiger partial charge in [0.05, 0.1) is 6.54 Å².